The van der Waals surface area contributed by atoms with Gasteiger partial charge >= 0.3 is 0 Å². The number of nitrogens with zero attached hydrogens (tertiary/aromatic N) is 5. The van der Waals surface area contributed by atoms with Crippen molar-refractivity contribution in [2.75, 3.05) is 77.5 Å². The van der Waals surface area contributed by atoms with Crippen molar-refractivity contribution in [3.05, 3.63) is 117 Å². The number of hydrogen-bond acceptors (Lipinski definition) is 14. The molecule has 1 amide bonds. The number of halogens is 1. The predicted octanol–water partition coefficient (Wildman–Crippen LogP) is 7.61. The normalized spacial score (nSPS) is 22.4. The standard InChI is InChI=1S/C51H60ClN9O8S/c1-32-26-58(18-19-60(32)39-30-67-31-39)16-12-38-29-68-47-23-41(22-45(61(63)64)48(47)56-38)70(65,66)57-50(62)42-9-6-34(21-46(42)69-40-20-35-11-14-54-49(35)55-25-40)44-28-59(17-15-53-44)27-36-10-13-51(2,3)24-43(36)33-4-7-37(52)8-5-33/h4-9,11,14,20-23,25,32,38-39,44,53,56H,10,12-13,15-19,24,26-31H2,1-3H3,(H,54,55)(H,57,62)/t32-,38+,44?/m0/s1. The first-order chi connectivity index (χ1) is 33.6. The molecule has 3 atom stereocenters. The van der Waals surface area contributed by atoms with Gasteiger partial charge in [0.2, 0.25) is 0 Å². The molecule has 4 N–H and O–H groups in total. The number of sulfonamides is 1. The molecule has 5 aromatic rings. The van der Waals surface area contributed by atoms with Gasteiger partial charge in [0, 0.05) is 93.2 Å². The van der Waals surface area contributed by atoms with E-state index in [1.165, 1.54) is 29.0 Å². The summed E-state index contributed by atoms with van der Waals surface area (Å²) < 4.78 is 48.1. The first-order valence-electron chi connectivity index (χ1n) is 24.2. The van der Waals surface area contributed by atoms with E-state index in [9.17, 15) is 23.3 Å². The van der Waals surface area contributed by atoms with Crippen LogP contribution in [0.2, 0.25) is 5.02 Å². The molecule has 3 aromatic carbocycles. The molecule has 10 rings (SSSR count). The van der Waals surface area contributed by atoms with Crippen molar-refractivity contribution in [3.8, 4) is 17.2 Å². The van der Waals surface area contributed by atoms with Crippen LogP contribution in [0, 0.1) is 15.5 Å². The second kappa shape index (κ2) is 19.9. The quantitative estimate of drug-likeness (QED) is 0.0627. The molecular formula is C51H60ClN9O8S. The molecule has 17 nitrogen and oxygen atoms in total. The van der Waals surface area contributed by atoms with E-state index in [-0.39, 0.29) is 46.9 Å². The second-order valence-corrected chi connectivity index (χ2v) is 22.3. The summed E-state index contributed by atoms with van der Waals surface area (Å²) in [6.07, 6.45) is 7.04. The molecule has 1 unspecified atom stereocenters. The number of piperazine rings is 2. The molecule has 0 spiro atoms. The van der Waals surface area contributed by atoms with Crippen LogP contribution < -0.4 is 24.8 Å². The topological polar surface area (TPSA) is 197 Å². The fourth-order valence-corrected chi connectivity index (χ4v) is 11.7. The Hall–Kier alpha value is -5.60. The first kappa shape index (κ1) is 48.0. The van der Waals surface area contributed by atoms with Crippen molar-refractivity contribution in [1.82, 2.24) is 34.7 Å². The van der Waals surface area contributed by atoms with Crippen LogP contribution in [0.1, 0.15) is 74.0 Å². The number of nitro benzene ring substituents is 1. The molecule has 2 aromatic heterocycles. The zero-order chi connectivity index (χ0) is 48.7. The van der Waals surface area contributed by atoms with Crippen LogP contribution in [0.25, 0.3) is 16.6 Å². The number of H-pyrrole nitrogens is 1. The number of ether oxygens (including phenoxy) is 3. The number of aromatic amines is 1. The van der Waals surface area contributed by atoms with Gasteiger partial charge in [-0.05, 0) is 91.1 Å². The molecular weight excluding hydrogens is 934 g/mol. The molecule has 1 aliphatic carbocycles. The first-order valence-corrected chi connectivity index (χ1v) is 26.0. The van der Waals surface area contributed by atoms with E-state index in [1.54, 1.807) is 30.5 Å². The summed E-state index contributed by atoms with van der Waals surface area (Å²) in [5, 5.41) is 20.9. The fraction of sp³-hybridized carbons (Fsp3) is 0.451. The van der Waals surface area contributed by atoms with Crippen molar-refractivity contribution in [1.29, 1.82) is 0 Å². The molecule has 0 saturated carbocycles. The summed E-state index contributed by atoms with van der Waals surface area (Å²) in [4.78, 5) is 40.4. The molecule has 3 saturated heterocycles. The Balaban J connectivity index is 0.863. The minimum atomic E-state index is -4.68. The van der Waals surface area contributed by atoms with Crippen molar-refractivity contribution in [2.24, 2.45) is 5.41 Å². The maximum atomic E-state index is 14.2. The molecule has 0 radical (unpaired) electrons. The highest BCUT2D eigenvalue weighted by molar-refractivity contribution is 7.90. The average Bonchev–Trinajstić information content (AvgIpc) is 3.79. The van der Waals surface area contributed by atoms with Crippen molar-refractivity contribution in [3.63, 3.8) is 0 Å². The lowest BCUT2D eigenvalue weighted by atomic mass is 9.72. The van der Waals surface area contributed by atoms with Crippen LogP contribution in [0.4, 0.5) is 11.4 Å². The Morgan fingerprint density at radius 3 is 2.63 bits per heavy atom. The average molecular weight is 995 g/mol. The Morgan fingerprint density at radius 1 is 1.03 bits per heavy atom. The number of nitrogens with one attached hydrogen (secondary N) is 4. The number of hydrogen-bond donors (Lipinski definition) is 4. The molecule has 0 bridgehead atoms. The van der Waals surface area contributed by atoms with Crippen LogP contribution in [-0.2, 0) is 14.8 Å². The number of pyridine rings is 1. The summed E-state index contributed by atoms with van der Waals surface area (Å²) in [5.74, 6) is -0.510. The summed E-state index contributed by atoms with van der Waals surface area (Å²) in [7, 11) is -4.68. The number of amides is 1. The van der Waals surface area contributed by atoms with E-state index in [1.807, 2.05) is 18.2 Å². The van der Waals surface area contributed by atoms with Gasteiger partial charge in [-0.1, -0.05) is 49.2 Å². The molecule has 3 fully saturated rings. The molecule has 6 heterocycles. The van der Waals surface area contributed by atoms with Gasteiger partial charge < -0.3 is 34.7 Å². The van der Waals surface area contributed by atoms with Crippen LogP contribution >= 0.6 is 11.6 Å². The van der Waals surface area contributed by atoms with Crippen molar-refractivity contribution >= 4 is 55.5 Å². The maximum absolute atomic E-state index is 14.2. The van der Waals surface area contributed by atoms with Gasteiger partial charge in [-0.15, -0.1) is 0 Å². The molecule has 5 aliphatic rings. The summed E-state index contributed by atoms with van der Waals surface area (Å²) >= 11 is 6.28. The van der Waals surface area contributed by atoms with E-state index < -0.39 is 31.4 Å². The lowest BCUT2D eigenvalue weighted by Gasteiger charge is -2.46. The van der Waals surface area contributed by atoms with Gasteiger partial charge in [0.15, 0.2) is 11.4 Å². The zero-order valence-corrected chi connectivity index (χ0v) is 41.3. The maximum Gasteiger partial charge on any atom is 0.297 e. The molecule has 4 aliphatic heterocycles. The molecule has 370 valence electrons. The van der Waals surface area contributed by atoms with Crippen LogP contribution in [-0.4, -0.2) is 134 Å². The Kier molecular flexibility index (Phi) is 13.7. The van der Waals surface area contributed by atoms with Gasteiger partial charge in [0.05, 0.1) is 46.9 Å². The van der Waals surface area contributed by atoms with Crippen molar-refractivity contribution < 1.29 is 32.3 Å². The highest BCUT2D eigenvalue weighted by Crippen LogP contribution is 2.44. The Labute approximate surface area is 413 Å². The predicted molar refractivity (Wildman–Crippen MR) is 268 cm³/mol. The number of carbonyl (C=O) groups excluding carboxylic acids is 1. The van der Waals surface area contributed by atoms with E-state index in [0.717, 1.165) is 95.3 Å². The Bertz CT molecular complexity index is 2930. The molecule has 70 heavy (non-hydrogen) atoms. The Morgan fingerprint density at radius 2 is 1.86 bits per heavy atom. The highest BCUT2D eigenvalue weighted by Gasteiger charge is 2.36. The fourth-order valence-electron chi connectivity index (χ4n) is 10.5. The van der Waals surface area contributed by atoms with Gasteiger partial charge in [-0.3, -0.25) is 24.7 Å². The lowest BCUT2D eigenvalue weighted by Crippen LogP contribution is -2.60. The monoisotopic (exact) mass is 993 g/mol. The second-order valence-electron chi connectivity index (χ2n) is 20.1. The number of benzene rings is 3. The van der Waals surface area contributed by atoms with Crippen LogP contribution in [0.5, 0.6) is 17.2 Å². The summed E-state index contributed by atoms with van der Waals surface area (Å²) in [6, 6.07) is 19.5. The zero-order valence-electron chi connectivity index (χ0n) is 39.7. The van der Waals surface area contributed by atoms with Crippen LogP contribution in [0.15, 0.2) is 89.6 Å². The minimum Gasteiger partial charge on any atom is -0.489 e. The number of nitro groups is 1. The largest absolute Gasteiger partial charge is 0.489 e. The number of allylic oxidation sites excluding steroid dienone is 1. The van der Waals surface area contributed by atoms with E-state index >= 15 is 0 Å². The van der Waals surface area contributed by atoms with Gasteiger partial charge in [-0.25, -0.2) is 18.1 Å². The smallest absolute Gasteiger partial charge is 0.297 e. The third-order valence-corrected chi connectivity index (χ3v) is 16.1. The number of fused-ring (bicyclic) bond motifs is 2. The lowest BCUT2D eigenvalue weighted by molar-refractivity contribution is -0.384. The third kappa shape index (κ3) is 10.5. The molecule has 19 heteroatoms. The van der Waals surface area contributed by atoms with E-state index in [0.29, 0.717) is 41.5 Å². The number of rotatable bonds is 14. The van der Waals surface area contributed by atoms with Crippen LogP contribution in [0.3, 0.4) is 0 Å². The van der Waals surface area contributed by atoms with Gasteiger partial charge in [0.1, 0.15) is 23.8 Å². The number of anilines is 1. The number of aromatic nitrogens is 2. The summed E-state index contributed by atoms with van der Waals surface area (Å²) in [6.45, 7) is 15.2. The van der Waals surface area contributed by atoms with Gasteiger partial charge in [-0.2, -0.15) is 0 Å². The highest BCUT2D eigenvalue weighted by atomic mass is 35.5. The summed E-state index contributed by atoms with van der Waals surface area (Å²) in [5.41, 5.74) is 5.26. The van der Waals surface area contributed by atoms with Gasteiger partial charge in [0.25, 0.3) is 21.6 Å². The number of carbonyl (C=O) groups is 1. The SMILES string of the molecule is C[C@H]1CN(CC[C@@H]2COc3cc(S(=O)(=O)NC(=O)c4ccc(C5CN(CC6=C(c7ccc(Cl)cc7)CC(C)(C)CC6)CCN5)cc4Oc4cnc5[nH]ccc5c4)cc([N+](=O)[O-])c3N2)CCN1C1COC1. The van der Waals surface area contributed by atoms with E-state index in [2.05, 4.69) is 72.9 Å². The third-order valence-electron chi connectivity index (χ3n) is 14.5. The van der Waals surface area contributed by atoms with E-state index in [4.69, 9.17) is 25.8 Å². The minimum absolute atomic E-state index is 0.0168. The van der Waals surface area contributed by atoms with Crippen molar-refractivity contribution in [2.45, 2.75) is 75.5 Å².